The van der Waals surface area contributed by atoms with E-state index >= 15 is 0 Å². The van der Waals surface area contributed by atoms with Gasteiger partial charge >= 0.3 is 6.09 Å². The molecule has 1 aromatic carbocycles. The summed E-state index contributed by atoms with van der Waals surface area (Å²) in [6, 6.07) is 16.0. The van der Waals surface area contributed by atoms with Gasteiger partial charge in [0.25, 0.3) is 0 Å². The minimum absolute atomic E-state index is 0.105. The van der Waals surface area contributed by atoms with Gasteiger partial charge in [-0.25, -0.2) is 4.79 Å². The number of hydrogen-bond acceptors (Lipinski definition) is 5. The Morgan fingerprint density at radius 3 is 2.38 bits per heavy atom. The average Bonchev–Trinajstić information content (AvgIpc) is 3.00. The molecule has 3 heterocycles. The molecule has 2 saturated heterocycles. The number of aryl methyl sites for hydroxylation is 1. The van der Waals surface area contributed by atoms with Crippen molar-refractivity contribution in [2.45, 2.75) is 58.2 Å². The molecule has 0 bridgehead atoms. The molecule has 2 aromatic rings. The Morgan fingerprint density at radius 2 is 1.75 bits per heavy atom. The summed E-state index contributed by atoms with van der Waals surface area (Å²) in [5, 5.41) is 0. The second kappa shape index (κ2) is 8.45. The number of anilines is 1. The standard InChI is InChI=1S/C25H32N4O3/c1-19-9-8-10-20(26-19)17-28-18-29(21-11-6-5-7-12-21)25(22(28)30)13-15-27(16-14-25)23(31)32-24(2,3)4/h5-12H,13-18H2,1-4H3. The number of ether oxygens (including phenoxy) is 1. The highest BCUT2D eigenvalue weighted by Gasteiger charge is 2.54. The molecule has 0 saturated carbocycles. The van der Waals surface area contributed by atoms with Crippen LogP contribution in [0, 0.1) is 6.92 Å². The van der Waals surface area contributed by atoms with E-state index in [1.54, 1.807) is 4.90 Å². The molecule has 4 rings (SSSR count). The summed E-state index contributed by atoms with van der Waals surface area (Å²) in [5.41, 5.74) is 1.64. The maximum atomic E-state index is 13.8. The molecule has 7 heteroatoms. The number of carbonyl (C=O) groups is 2. The van der Waals surface area contributed by atoms with E-state index < -0.39 is 11.1 Å². The monoisotopic (exact) mass is 436 g/mol. The van der Waals surface area contributed by atoms with Crippen LogP contribution in [0.5, 0.6) is 0 Å². The second-order valence-corrected chi connectivity index (χ2v) is 9.68. The highest BCUT2D eigenvalue weighted by atomic mass is 16.6. The molecule has 1 aromatic heterocycles. The zero-order valence-corrected chi connectivity index (χ0v) is 19.4. The first-order valence-electron chi connectivity index (χ1n) is 11.2. The maximum Gasteiger partial charge on any atom is 0.410 e. The number of likely N-dealkylation sites (tertiary alicyclic amines) is 1. The summed E-state index contributed by atoms with van der Waals surface area (Å²) >= 11 is 0. The predicted octanol–water partition coefficient (Wildman–Crippen LogP) is 3.97. The van der Waals surface area contributed by atoms with E-state index in [1.165, 1.54) is 0 Å². The van der Waals surface area contributed by atoms with Crippen molar-refractivity contribution in [3.8, 4) is 0 Å². The van der Waals surface area contributed by atoms with Crippen LogP contribution in [0.1, 0.15) is 45.0 Å². The van der Waals surface area contributed by atoms with Crippen molar-refractivity contribution >= 4 is 17.7 Å². The topological polar surface area (TPSA) is 66.0 Å². The van der Waals surface area contributed by atoms with Gasteiger partial charge in [-0.1, -0.05) is 24.3 Å². The van der Waals surface area contributed by atoms with E-state index in [2.05, 4.69) is 9.88 Å². The maximum absolute atomic E-state index is 13.8. The van der Waals surface area contributed by atoms with Crippen LogP contribution < -0.4 is 4.90 Å². The van der Waals surface area contributed by atoms with Gasteiger partial charge in [0.15, 0.2) is 0 Å². The summed E-state index contributed by atoms with van der Waals surface area (Å²) < 4.78 is 5.55. The zero-order chi connectivity index (χ0) is 22.9. The van der Waals surface area contributed by atoms with E-state index in [0.717, 1.165) is 17.1 Å². The lowest BCUT2D eigenvalue weighted by Gasteiger charge is -2.43. The molecule has 0 N–H and O–H groups in total. The fourth-order valence-electron chi connectivity index (χ4n) is 4.59. The van der Waals surface area contributed by atoms with Crippen LogP contribution in [-0.4, -0.2) is 57.7 Å². The zero-order valence-electron chi connectivity index (χ0n) is 19.4. The van der Waals surface area contributed by atoms with Crippen LogP contribution in [0.2, 0.25) is 0 Å². The van der Waals surface area contributed by atoms with Gasteiger partial charge in [-0.2, -0.15) is 0 Å². The van der Waals surface area contributed by atoms with Crippen LogP contribution in [0.4, 0.5) is 10.5 Å². The summed E-state index contributed by atoms with van der Waals surface area (Å²) in [6.07, 6.45) is 0.819. The van der Waals surface area contributed by atoms with Gasteiger partial charge in [-0.3, -0.25) is 9.78 Å². The Balaban J connectivity index is 1.57. The van der Waals surface area contributed by atoms with Gasteiger partial charge in [-0.05, 0) is 64.8 Å². The van der Waals surface area contributed by atoms with Gasteiger partial charge in [0.2, 0.25) is 5.91 Å². The van der Waals surface area contributed by atoms with Crippen LogP contribution in [0.15, 0.2) is 48.5 Å². The molecule has 0 atom stereocenters. The Bertz CT molecular complexity index is 978. The highest BCUT2D eigenvalue weighted by molar-refractivity contribution is 5.93. The molecule has 2 amide bonds. The minimum atomic E-state index is -0.663. The molecular weight excluding hydrogens is 404 g/mol. The molecule has 0 aliphatic carbocycles. The summed E-state index contributed by atoms with van der Waals surface area (Å²) in [4.78, 5) is 36.8. The summed E-state index contributed by atoms with van der Waals surface area (Å²) in [7, 11) is 0. The lowest BCUT2D eigenvalue weighted by atomic mass is 9.85. The van der Waals surface area contributed by atoms with E-state index in [1.807, 2.05) is 81.1 Å². The Labute approximate surface area is 190 Å². The third-order valence-electron chi connectivity index (χ3n) is 6.12. The number of benzene rings is 1. The first-order valence-corrected chi connectivity index (χ1v) is 11.2. The molecule has 1 spiro atoms. The predicted molar refractivity (Wildman–Crippen MR) is 123 cm³/mol. The number of amides is 2. The smallest absolute Gasteiger partial charge is 0.410 e. The third-order valence-corrected chi connectivity index (χ3v) is 6.12. The third kappa shape index (κ3) is 4.42. The van der Waals surface area contributed by atoms with Gasteiger partial charge in [-0.15, -0.1) is 0 Å². The largest absolute Gasteiger partial charge is 0.444 e. The average molecular weight is 437 g/mol. The van der Waals surface area contributed by atoms with E-state index in [4.69, 9.17) is 4.74 Å². The fraction of sp³-hybridized carbons (Fsp3) is 0.480. The quantitative estimate of drug-likeness (QED) is 0.729. The summed E-state index contributed by atoms with van der Waals surface area (Å²) in [6.45, 7) is 9.51. The van der Waals surface area contributed by atoms with Gasteiger partial charge in [0.1, 0.15) is 11.1 Å². The van der Waals surface area contributed by atoms with Crippen LogP contribution >= 0.6 is 0 Å². The van der Waals surface area contributed by atoms with Crippen molar-refractivity contribution in [1.82, 2.24) is 14.8 Å². The van der Waals surface area contributed by atoms with Crippen LogP contribution in [0.25, 0.3) is 0 Å². The van der Waals surface area contributed by atoms with Crippen molar-refractivity contribution < 1.29 is 14.3 Å². The molecule has 0 radical (unpaired) electrons. The van der Waals surface area contributed by atoms with E-state index in [-0.39, 0.29) is 12.0 Å². The molecule has 2 aliphatic rings. The van der Waals surface area contributed by atoms with E-state index in [0.29, 0.717) is 39.1 Å². The Morgan fingerprint density at radius 1 is 1.06 bits per heavy atom. The molecular formula is C25H32N4O3. The number of hydrogen-bond donors (Lipinski definition) is 0. The minimum Gasteiger partial charge on any atom is -0.444 e. The van der Waals surface area contributed by atoms with Crippen molar-refractivity contribution in [3.05, 3.63) is 59.9 Å². The number of aromatic nitrogens is 1. The number of piperidine rings is 1. The first-order chi connectivity index (χ1) is 15.2. The second-order valence-electron chi connectivity index (χ2n) is 9.68. The normalized spacial score (nSPS) is 18.4. The lowest BCUT2D eigenvalue weighted by molar-refractivity contribution is -0.134. The van der Waals surface area contributed by atoms with Crippen molar-refractivity contribution in [1.29, 1.82) is 0 Å². The first kappa shape index (κ1) is 22.1. The number of rotatable bonds is 3. The molecule has 32 heavy (non-hydrogen) atoms. The number of nitrogens with zero attached hydrogens (tertiary/aromatic N) is 4. The number of pyridine rings is 1. The Kier molecular flexibility index (Phi) is 5.84. The van der Waals surface area contributed by atoms with Gasteiger partial charge in [0, 0.05) is 24.5 Å². The summed E-state index contributed by atoms with van der Waals surface area (Å²) in [5.74, 6) is 0.105. The Hall–Kier alpha value is -3.09. The molecule has 2 fully saturated rings. The van der Waals surface area contributed by atoms with E-state index in [9.17, 15) is 9.59 Å². The van der Waals surface area contributed by atoms with Crippen molar-refractivity contribution in [2.75, 3.05) is 24.7 Å². The molecule has 2 aliphatic heterocycles. The lowest BCUT2D eigenvalue weighted by Crippen LogP contribution is -2.57. The van der Waals surface area contributed by atoms with Gasteiger partial charge < -0.3 is 19.4 Å². The van der Waals surface area contributed by atoms with Crippen molar-refractivity contribution in [3.63, 3.8) is 0 Å². The van der Waals surface area contributed by atoms with Crippen molar-refractivity contribution in [2.24, 2.45) is 0 Å². The van der Waals surface area contributed by atoms with Gasteiger partial charge in [0.05, 0.1) is 18.9 Å². The molecule has 7 nitrogen and oxygen atoms in total. The SMILES string of the molecule is Cc1cccc(CN2CN(c3ccccc3)C3(CCN(C(=O)OC(C)(C)C)CC3)C2=O)n1. The highest BCUT2D eigenvalue weighted by Crippen LogP contribution is 2.40. The van der Waals surface area contributed by atoms with Crippen LogP contribution in [-0.2, 0) is 16.1 Å². The molecule has 170 valence electrons. The molecule has 0 unspecified atom stereocenters. The number of carbonyl (C=O) groups excluding carboxylic acids is 2. The fourth-order valence-corrected chi connectivity index (χ4v) is 4.59. The number of para-hydroxylation sites is 1. The van der Waals surface area contributed by atoms with Crippen LogP contribution in [0.3, 0.4) is 0 Å².